The fourth-order valence-electron chi connectivity index (χ4n) is 2.56. The summed E-state index contributed by atoms with van der Waals surface area (Å²) in [7, 11) is 3.20. The van der Waals surface area contributed by atoms with Crippen molar-refractivity contribution in [1.82, 2.24) is 4.90 Å². The normalized spacial score (nSPS) is 21.9. The Kier molecular flexibility index (Phi) is 5.44. The largest absolute Gasteiger partial charge is 0.497 e. The van der Waals surface area contributed by atoms with Crippen molar-refractivity contribution in [2.45, 2.75) is 26.1 Å². The number of carbonyl (C=O) groups excluding carboxylic acids is 1. The van der Waals surface area contributed by atoms with Gasteiger partial charge in [-0.3, -0.25) is 4.79 Å². The minimum atomic E-state index is -0.0104. The van der Waals surface area contributed by atoms with E-state index in [0.717, 1.165) is 5.56 Å². The number of hydrogen-bond acceptors (Lipinski definition) is 4. The van der Waals surface area contributed by atoms with Crippen molar-refractivity contribution >= 4 is 12.0 Å². The van der Waals surface area contributed by atoms with Crippen molar-refractivity contribution in [3.05, 3.63) is 29.8 Å². The predicted molar refractivity (Wildman–Crippen MR) is 85.2 cm³/mol. The molecule has 1 fully saturated rings. The number of methoxy groups -OCH3 is 2. The third-order valence-corrected chi connectivity index (χ3v) is 3.52. The zero-order valence-electron chi connectivity index (χ0n) is 13.5. The quantitative estimate of drug-likeness (QED) is 0.801. The maximum Gasteiger partial charge on any atom is 0.246 e. The molecular formula is C17H23NO4. The Bertz CT molecular complexity index is 523. The first-order valence-corrected chi connectivity index (χ1v) is 7.37. The third kappa shape index (κ3) is 4.24. The monoisotopic (exact) mass is 305 g/mol. The Hall–Kier alpha value is -2.01. The van der Waals surface area contributed by atoms with Gasteiger partial charge >= 0.3 is 0 Å². The number of amides is 1. The molecule has 5 nitrogen and oxygen atoms in total. The number of benzene rings is 1. The van der Waals surface area contributed by atoms with Crippen LogP contribution in [0.2, 0.25) is 0 Å². The molecule has 1 aromatic rings. The summed E-state index contributed by atoms with van der Waals surface area (Å²) in [4.78, 5) is 14.1. The van der Waals surface area contributed by atoms with Crippen LogP contribution in [0.25, 0.3) is 6.08 Å². The van der Waals surface area contributed by atoms with Crippen molar-refractivity contribution in [1.29, 1.82) is 0 Å². The highest BCUT2D eigenvalue weighted by Gasteiger charge is 2.24. The number of ether oxygens (including phenoxy) is 3. The second-order valence-electron chi connectivity index (χ2n) is 5.48. The average molecular weight is 305 g/mol. The maximum absolute atomic E-state index is 12.3. The number of morpholine rings is 1. The lowest BCUT2D eigenvalue weighted by Crippen LogP contribution is -2.47. The summed E-state index contributed by atoms with van der Waals surface area (Å²) in [6, 6.07) is 5.51. The van der Waals surface area contributed by atoms with Crippen molar-refractivity contribution in [3.8, 4) is 11.5 Å². The SMILES string of the molecule is COc1cc(/C=C/C(=O)N2C[C@@H](C)O[C@@H](C)C2)cc(OC)c1. The summed E-state index contributed by atoms with van der Waals surface area (Å²) in [6.45, 7) is 5.20. The Labute approximate surface area is 131 Å². The molecule has 120 valence electrons. The summed E-state index contributed by atoms with van der Waals surface area (Å²) >= 11 is 0. The fraction of sp³-hybridized carbons (Fsp3) is 0.471. The average Bonchev–Trinajstić information content (AvgIpc) is 2.51. The van der Waals surface area contributed by atoms with Crippen LogP contribution in [-0.2, 0) is 9.53 Å². The molecule has 1 saturated heterocycles. The van der Waals surface area contributed by atoms with Crippen LogP contribution in [0.1, 0.15) is 19.4 Å². The van der Waals surface area contributed by atoms with Crippen LogP contribution >= 0.6 is 0 Å². The molecule has 0 spiro atoms. The van der Waals surface area contributed by atoms with E-state index in [1.165, 1.54) is 0 Å². The minimum absolute atomic E-state index is 0.0104. The molecule has 1 aromatic carbocycles. The van der Waals surface area contributed by atoms with Crippen molar-refractivity contribution in [3.63, 3.8) is 0 Å². The number of carbonyl (C=O) groups is 1. The van der Waals surface area contributed by atoms with Crippen LogP contribution in [-0.4, -0.2) is 50.3 Å². The van der Waals surface area contributed by atoms with Crippen molar-refractivity contribution in [2.75, 3.05) is 27.3 Å². The smallest absolute Gasteiger partial charge is 0.246 e. The van der Waals surface area contributed by atoms with E-state index in [1.807, 2.05) is 30.9 Å². The lowest BCUT2D eigenvalue weighted by molar-refractivity contribution is -0.137. The van der Waals surface area contributed by atoms with Gasteiger partial charge in [-0.2, -0.15) is 0 Å². The molecule has 0 N–H and O–H groups in total. The topological polar surface area (TPSA) is 48.0 Å². The first kappa shape index (κ1) is 16.4. The lowest BCUT2D eigenvalue weighted by atomic mass is 10.1. The van der Waals surface area contributed by atoms with E-state index in [9.17, 15) is 4.79 Å². The third-order valence-electron chi connectivity index (χ3n) is 3.52. The zero-order valence-corrected chi connectivity index (χ0v) is 13.5. The molecule has 0 unspecified atom stereocenters. The number of hydrogen-bond donors (Lipinski definition) is 0. The van der Waals surface area contributed by atoms with E-state index in [0.29, 0.717) is 24.6 Å². The Morgan fingerprint density at radius 3 is 2.18 bits per heavy atom. The van der Waals surface area contributed by atoms with Gasteiger partial charge in [0, 0.05) is 25.2 Å². The van der Waals surface area contributed by atoms with Gasteiger partial charge in [0.15, 0.2) is 0 Å². The number of nitrogens with zero attached hydrogens (tertiary/aromatic N) is 1. The van der Waals surface area contributed by atoms with Gasteiger partial charge in [-0.25, -0.2) is 0 Å². The van der Waals surface area contributed by atoms with Crippen LogP contribution in [0.15, 0.2) is 24.3 Å². The Morgan fingerprint density at radius 2 is 1.68 bits per heavy atom. The highest BCUT2D eigenvalue weighted by atomic mass is 16.5. The molecule has 1 aliphatic rings. The van der Waals surface area contributed by atoms with E-state index in [1.54, 1.807) is 32.4 Å². The van der Waals surface area contributed by atoms with E-state index in [4.69, 9.17) is 14.2 Å². The van der Waals surface area contributed by atoms with Gasteiger partial charge < -0.3 is 19.1 Å². The van der Waals surface area contributed by atoms with Gasteiger partial charge in [0.2, 0.25) is 5.91 Å². The summed E-state index contributed by atoms with van der Waals surface area (Å²) in [5, 5.41) is 0. The molecule has 0 bridgehead atoms. The van der Waals surface area contributed by atoms with Crippen molar-refractivity contribution < 1.29 is 19.0 Å². The molecule has 2 rings (SSSR count). The lowest BCUT2D eigenvalue weighted by Gasteiger charge is -2.34. The molecule has 22 heavy (non-hydrogen) atoms. The molecule has 0 saturated carbocycles. The first-order chi connectivity index (χ1) is 10.5. The molecule has 0 aromatic heterocycles. The van der Waals surface area contributed by atoms with E-state index in [-0.39, 0.29) is 18.1 Å². The predicted octanol–water partition coefficient (Wildman–Crippen LogP) is 2.35. The van der Waals surface area contributed by atoms with Gasteiger partial charge in [0.25, 0.3) is 0 Å². The summed E-state index contributed by atoms with van der Waals surface area (Å²) in [5.74, 6) is 1.38. The highest BCUT2D eigenvalue weighted by Crippen LogP contribution is 2.23. The van der Waals surface area contributed by atoms with Gasteiger partial charge in [-0.05, 0) is 37.6 Å². The fourth-order valence-corrected chi connectivity index (χ4v) is 2.56. The molecule has 0 aliphatic carbocycles. The van der Waals surface area contributed by atoms with Crippen molar-refractivity contribution in [2.24, 2.45) is 0 Å². The van der Waals surface area contributed by atoms with Gasteiger partial charge in [-0.1, -0.05) is 0 Å². The van der Waals surface area contributed by atoms with E-state index >= 15 is 0 Å². The molecular weight excluding hydrogens is 282 g/mol. The number of rotatable bonds is 4. The summed E-state index contributed by atoms with van der Waals surface area (Å²) in [5.41, 5.74) is 0.860. The standard InChI is InChI=1S/C17H23NO4/c1-12-10-18(11-13(2)22-12)17(19)6-5-14-7-15(20-3)9-16(8-14)21-4/h5-9,12-13H,10-11H2,1-4H3/b6-5+/t12-,13+. The Morgan fingerprint density at radius 1 is 1.14 bits per heavy atom. The molecule has 1 heterocycles. The van der Waals surface area contributed by atoms with Crippen LogP contribution in [0.5, 0.6) is 11.5 Å². The van der Waals surface area contributed by atoms with Crippen LogP contribution in [0.4, 0.5) is 0 Å². The maximum atomic E-state index is 12.3. The second kappa shape index (κ2) is 7.31. The molecule has 2 atom stereocenters. The van der Waals surface area contributed by atoms with E-state index in [2.05, 4.69) is 0 Å². The van der Waals surface area contributed by atoms with Gasteiger partial charge in [0.05, 0.1) is 26.4 Å². The molecule has 5 heteroatoms. The van der Waals surface area contributed by atoms with E-state index < -0.39 is 0 Å². The zero-order chi connectivity index (χ0) is 16.1. The molecule has 0 radical (unpaired) electrons. The molecule has 1 amide bonds. The minimum Gasteiger partial charge on any atom is -0.497 e. The van der Waals surface area contributed by atoms with Crippen LogP contribution in [0.3, 0.4) is 0 Å². The molecule has 1 aliphatic heterocycles. The summed E-state index contributed by atoms with van der Waals surface area (Å²) < 4.78 is 16.1. The Balaban J connectivity index is 2.09. The summed E-state index contributed by atoms with van der Waals surface area (Å²) in [6.07, 6.45) is 3.49. The second-order valence-corrected chi connectivity index (χ2v) is 5.48. The first-order valence-electron chi connectivity index (χ1n) is 7.37. The van der Waals surface area contributed by atoms with Crippen LogP contribution < -0.4 is 9.47 Å². The van der Waals surface area contributed by atoms with Gasteiger partial charge in [0.1, 0.15) is 11.5 Å². The van der Waals surface area contributed by atoms with Crippen LogP contribution in [0, 0.1) is 0 Å². The highest BCUT2D eigenvalue weighted by molar-refractivity contribution is 5.92. The van der Waals surface area contributed by atoms with Gasteiger partial charge in [-0.15, -0.1) is 0 Å².